The van der Waals surface area contributed by atoms with Crippen LogP contribution in [0.3, 0.4) is 0 Å². The van der Waals surface area contributed by atoms with Crippen molar-refractivity contribution in [2.75, 3.05) is 26.2 Å². The standard InChI is InChI=1S/C12H24N2O4/c1-4-13(7-5-9-15)12(18)14(10(2)3)8-6-11(16)17/h10,15H,4-9H2,1-3H3,(H,16,17). The van der Waals surface area contributed by atoms with Crippen LogP contribution in [0.5, 0.6) is 0 Å². The third kappa shape index (κ3) is 5.86. The number of aliphatic carboxylic acids is 1. The van der Waals surface area contributed by atoms with Crippen LogP contribution in [-0.2, 0) is 4.79 Å². The number of carbonyl (C=O) groups excluding carboxylic acids is 1. The number of carboxylic acids is 1. The van der Waals surface area contributed by atoms with Crippen LogP contribution < -0.4 is 0 Å². The molecule has 0 aromatic rings. The van der Waals surface area contributed by atoms with Gasteiger partial charge in [0.25, 0.3) is 0 Å². The van der Waals surface area contributed by atoms with Gasteiger partial charge in [-0.3, -0.25) is 4.79 Å². The van der Waals surface area contributed by atoms with Gasteiger partial charge in [0.2, 0.25) is 0 Å². The van der Waals surface area contributed by atoms with Gasteiger partial charge in [-0.1, -0.05) is 0 Å². The number of aliphatic hydroxyl groups excluding tert-OH is 1. The Hall–Kier alpha value is -1.30. The highest BCUT2D eigenvalue weighted by Crippen LogP contribution is 2.06. The molecule has 0 saturated heterocycles. The van der Waals surface area contributed by atoms with E-state index in [1.54, 1.807) is 9.80 Å². The molecule has 0 saturated carbocycles. The van der Waals surface area contributed by atoms with Crippen LogP contribution in [-0.4, -0.2) is 64.3 Å². The molecule has 6 heteroatoms. The van der Waals surface area contributed by atoms with E-state index in [9.17, 15) is 9.59 Å². The second-order valence-electron chi connectivity index (χ2n) is 4.37. The first kappa shape index (κ1) is 16.7. The van der Waals surface area contributed by atoms with Crippen molar-refractivity contribution in [3.05, 3.63) is 0 Å². The average molecular weight is 260 g/mol. The van der Waals surface area contributed by atoms with Gasteiger partial charge in [0.05, 0.1) is 6.42 Å². The number of hydrogen-bond donors (Lipinski definition) is 2. The molecule has 106 valence electrons. The number of carbonyl (C=O) groups is 2. The lowest BCUT2D eigenvalue weighted by Gasteiger charge is -2.32. The van der Waals surface area contributed by atoms with Crippen LogP contribution in [0.4, 0.5) is 4.79 Å². The lowest BCUT2D eigenvalue weighted by molar-refractivity contribution is -0.137. The molecule has 0 unspecified atom stereocenters. The van der Waals surface area contributed by atoms with E-state index in [1.807, 2.05) is 20.8 Å². The molecule has 0 fully saturated rings. The number of aliphatic hydroxyl groups is 1. The number of amides is 2. The smallest absolute Gasteiger partial charge is 0.320 e. The molecule has 0 aliphatic heterocycles. The van der Waals surface area contributed by atoms with E-state index in [2.05, 4.69) is 0 Å². The van der Waals surface area contributed by atoms with E-state index in [0.29, 0.717) is 19.5 Å². The minimum absolute atomic E-state index is 0.0416. The van der Waals surface area contributed by atoms with E-state index < -0.39 is 5.97 Å². The van der Waals surface area contributed by atoms with Crippen LogP contribution in [0.15, 0.2) is 0 Å². The Bertz CT molecular complexity index is 269. The summed E-state index contributed by atoms with van der Waals surface area (Å²) in [4.78, 5) is 26.0. The topological polar surface area (TPSA) is 81.1 Å². The predicted molar refractivity (Wildman–Crippen MR) is 68.4 cm³/mol. The van der Waals surface area contributed by atoms with E-state index >= 15 is 0 Å². The fraction of sp³-hybridized carbons (Fsp3) is 0.833. The van der Waals surface area contributed by atoms with E-state index in [4.69, 9.17) is 10.2 Å². The van der Waals surface area contributed by atoms with Gasteiger partial charge in [-0.15, -0.1) is 0 Å². The summed E-state index contributed by atoms with van der Waals surface area (Å²) in [6.07, 6.45) is 0.478. The Labute approximate surface area is 108 Å². The summed E-state index contributed by atoms with van der Waals surface area (Å²) in [5.41, 5.74) is 0. The zero-order chi connectivity index (χ0) is 14.1. The Balaban J connectivity index is 4.55. The van der Waals surface area contributed by atoms with Gasteiger partial charge in [-0.05, 0) is 27.2 Å². The predicted octanol–water partition coefficient (Wildman–Crippen LogP) is 0.996. The highest BCUT2D eigenvalue weighted by molar-refractivity contribution is 5.75. The molecule has 0 heterocycles. The van der Waals surface area contributed by atoms with Crippen molar-refractivity contribution in [3.63, 3.8) is 0 Å². The molecular formula is C12H24N2O4. The second-order valence-corrected chi connectivity index (χ2v) is 4.37. The van der Waals surface area contributed by atoms with E-state index in [1.165, 1.54) is 0 Å². The summed E-state index contributed by atoms with van der Waals surface area (Å²) in [6.45, 7) is 6.88. The lowest BCUT2D eigenvalue weighted by atomic mass is 10.3. The molecule has 0 rings (SSSR count). The Morgan fingerprint density at radius 2 is 1.83 bits per heavy atom. The molecule has 2 N–H and O–H groups in total. The summed E-state index contributed by atoms with van der Waals surface area (Å²) in [5, 5.41) is 17.5. The normalized spacial score (nSPS) is 10.5. The minimum Gasteiger partial charge on any atom is -0.481 e. The number of carboxylic acid groups (broad SMARTS) is 1. The summed E-state index contributed by atoms with van der Waals surface area (Å²) in [7, 11) is 0. The molecule has 2 amide bonds. The molecule has 0 radical (unpaired) electrons. The monoisotopic (exact) mass is 260 g/mol. The third-order valence-electron chi connectivity index (χ3n) is 2.67. The third-order valence-corrected chi connectivity index (χ3v) is 2.67. The molecule has 6 nitrogen and oxygen atoms in total. The molecule has 0 aliphatic carbocycles. The Kier molecular flexibility index (Phi) is 8.11. The molecular weight excluding hydrogens is 236 g/mol. The molecule has 0 bridgehead atoms. The van der Waals surface area contributed by atoms with Crippen molar-refractivity contribution in [2.45, 2.75) is 39.7 Å². The maximum Gasteiger partial charge on any atom is 0.320 e. The quantitative estimate of drug-likeness (QED) is 0.682. The average Bonchev–Trinajstić information content (AvgIpc) is 2.29. The number of urea groups is 1. The molecule has 0 atom stereocenters. The van der Waals surface area contributed by atoms with Crippen molar-refractivity contribution < 1.29 is 19.8 Å². The van der Waals surface area contributed by atoms with Crippen LogP contribution >= 0.6 is 0 Å². The summed E-state index contributed by atoms with van der Waals surface area (Å²) < 4.78 is 0. The van der Waals surface area contributed by atoms with Crippen molar-refractivity contribution in [1.29, 1.82) is 0 Å². The summed E-state index contributed by atoms with van der Waals surface area (Å²) >= 11 is 0. The highest BCUT2D eigenvalue weighted by Gasteiger charge is 2.22. The highest BCUT2D eigenvalue weighted by atomic mass is 16.4. The minimum atomic E-state index is -0.910. The van der Waals surface area contributed by atoms with Crippen molar-refractivity contribution in [2.24, 2.45) is 0 Å². The number of rotatable bonds is 8. The van der Waals surface area contributed by atoms with Gasteiger partial charge < -0.3 is 20.0 Å². The summed E-state index contributed by atoms with van der Waals surface area (Å²) in [6, 6.07) is -0.206. The molecule has 0 spiro atoms. The first-order valence-corrected chi connectivity index (χ1v) is 6.32. The van der Waals surface area contributed by atoms with Gasteiger partial charge in [0.1, 0.15) is 0 Å². The first-order valence-electron chi connectivity index (χ1n) is 6.32. The van der Waals surface area contributed by atoms with Gasteiger partial charge in [0, 0.05) is 32.3 Å². The van der Waals surface area contributed by atoms with Crippen molar-refractivity contribution in [1.82, 2.24) is 9.80 Å². The van der Waals surface area contributed by atoms with Crippen molar-refractivity contribution >= 4 is 12.0 Å². The van der Waals surface area contributed by atoms with Crippen LogP contribution in [0, 0.1) is 0 Å². The first-order chi connectivity index (χ1) is 8.43. The van der Waals surface area contributed by atoms with Gasteiger partial charge in [0.15, 0.2) is 0 Å². The summed E-state index contributed by atoms with van der Waals surface area (Å²) in [5.74, 6) is -0.910. The lowest BCUT2D eigenvalue weighted by Crippen LogP contribution is -2.47. The van der Waals surface area contributed by atoms with E-state index in [-0.39, 0.29) is 31.6 Å². The molecule has 0 aromatic heterocycles. The molecule has 0 aromatic carbocycles. The zero-order valence-corrected chi connectivity index (χ0v) is 11.4. The maximum absolute atomic E-state index is 12.2. The SMILES string of the molecule is CCN(CCCO)C(=O)N(CCC(=O)O)C(C)C. The Morgan fingerprint density at radius 1 is 1.22 bits per heavy atom. The molecule has 18 heavy (non-hydrogen) atoms. The maximum atomic E-state index is 12.2. The van der Waals surface area contributed by atoms with Gasteiger partial charge in [-0.2, -0.15) is 0 Å². The Morgan fingerprint density at radius 3 is 2.22 bits per heavy atom. The number of hydrogen-bond acceptors (Lipinski definition) is 3. The zero-order valence-electron chi connectivity index (χ0n) is 11.4. The van der Waals surface area contributed by atoms with Crippen molar-refractivity contribution in [3.8, 4) is 0 Å². The van der Waals surface area contributed by atoms with Crippen LogP contribution in [0.25, 0.3) is 0 Å². The fourth-order valence-electron chi connectivity index (χ4n) is 1.62. The van der Waals surface area contributed by atoms with Crippen LogP contribution in [0.1, 0.15) is 33.6 Å². The fourth-order valence-corrected chi connectivity index (χ4v) is 1.62. The van der Waals surface area contributed by atoms with Gasteiger partial charge >= 0.3 is 12.0 Å². The van der Waals surface area contributed by atoms with Gasteiger partial charge in [-0.25, -0.2) is 4.79 Å². The van der Waals surface area contributed by atoms with E-state index in [0.717, 1.165) is 0 Å². The number of nitrogens with zero attached hydrogens (tertiary/aromatic N) is 2. The van der Waals surface area contributed by atoms with Crippen LogP contribution in [0.2, 0.25) is 0 Å². The molecule has 0 aliphatic rings. The second kappa shape index (κ2) is 8.74. The largest absolute Gasteiger partial charge is 0.481 e.